The molecule has 0 fully saturated rings. The molecule has 1 N–H and O–H groups in total. The van der Waals surface area contributed by atoms with Crippen LogP contribution in [0.5, 0.6) is 11.5 Å². The number of esters is 1. The van der Waals surface area contributed by atoms with Crippen LogP contribution in [0, 0.1) is 0 Å². The van der Waals surface area contributed by atoms with Crippen molar-refractivity contribution in [3.05, 3.63) is 23.8 Å². The van der Waals surface area contributed by atoms with E-state index in [2.05, 4.69) is 4.74 Å². The monoisotopic (exact) mass is 349 g/mol. The van der Waals surface area contributed by atoms with E-state index < -0.39 is 31.2 Å². The molecule has 1 aromatic carbocycles. The summed E-state index contributed by atoms with van der Waals surface area (Å²) in [6.07, 6.45) is -3.73. The topological polar surface area (TPSA) is 73.9 Å². The molecule has 6 nitrogen and oxygen atoms in total. The van der Waals surface area contributed by atoms with Gasteiger partial charge in [-0.25, -0.2) is 4.79 Å². The molecule has 134 valence electrons. The van der Waals surface area contributed by atoms with Crippen molar-refractivity contribution in [2.45, 2.75) is 19.5 Å². The molecule has 0 saturated heterocycles. The van der Waals surface area contributed by atoms with Crippen molar-refractivity contribution in [1.82, 2.24) is 5.32 Å². The Labute approximate surface area is 136 Å². The molecular formula is C15H18F3NO5. The van der Waals surface area contributed by atoms with Gasteiger partial charge in [-0.1, -0.05) is 6.92 Å². The van der Waals surface area contributed by atoms with E-state index in [1.54, 1.807) is 5.32 Å². The molecule has 0 radical (unpaired) electrons. The molecular weight excluding hydrogens is 331 g/mol. The van der Waals surface area contributed by atoms with Gasteiger partial charge < -0.3 is 19.5 Å². The Morgan fingerprint density at radius 1 is 1.21 bits per heavy atom. The second-order valence-electron chi connectivity index (χ2n) is 4.68. The van der Waals surface area contributed by atoms with Crippen LogP contribution in [0.1, 0.15) is 23.7 Å². The lowest BCUT2D eigenvalue weighted by molar-refractivity contribution is -0.140. The van der Waals surface area contributed by atoms with Crippen LogP contribution in [-0.4, -0.2) is 44.9 Å². The van der Waals surface area contributed by atoms with E-state index in [0.29, 0.717) is 18.1 Å². The fourth-order valence-corrected chi connectivity index (χ4v) is 1.59. The van der Waals surface area contributed by atoms with Crippen LogP contribution in [0.15, 0.2) is 18.2 Å². The van der Waals surface area contributed by atoms with E-state index in [4.69, 9.17) is 9.47 Å². The summed E-state index contributed by atoms with van der Waals surface area (Å²) in [5.74, 6) is -1.16. The van der Waals surface area contributed by atoms with Gasteiger partial charge in [-0.05, 0) is 24.6 Å². The highest BCUT2D eigenvalue weighted by Gasteiger charge is 2.27. The second-order valence-corrected chi connectivity index (χ2v) is 4.68. The maximum absolute atomic E-state index is 11.9. The molecule has 1 rings (SSSR count). The molecule has 0 atom stereocenters. The maximum atomic E-state index is 11.9. The number of halogens is 3. The molecule has 0 unspecified atom stereocenters. The molecule has 0 bridgehead atoms. The molecule has 0 aliphatic rings. The van der Waals surface area contributed by atoms with E-state index in [-0.39, 0.29) is 5.56 Å². The normalized spacial score (nSPS) is 10.9. The maximum Gasteiger partial charge on any atom is 0.405 e. The number of carbonyl (C=O) groups is 2. The highest BCUT2D eigenvalue weighted by molar-refractivity contribution is 5.92. The predicted molar refractivity (Wildman–Crippen MR) is 78.1 cm³/mol. The first-order valence-electron chi connectivity index (χ1n) is 7.08. The summed E-state index contributed by atoms with van der Waals surface area (Å²) in [5, 5.41) is 1.60. The minimum absolute atomic E-state index is 0.0827. The van der Waals surface area contributed by atoms with Gasteiger partial charge in [0, 0.05) is 0 Å². The van der Waals surface area contributed by atoms with Gasteiger partial charge in [0.25, 0.3) is 5.91 Å². The number of rotatable bonds is 8. The zero-order chi connectivity index (χ0) is 18.2. The average Bonchev–Trinajstić information content (AvgIpc) is 2.55. The Hall–Kier alpha value is -2.45. The van der Waals surface area contributed by atoms with Crippen LogP contribution >= 0.6 is 0 Å². The summed E-state index contributed by atoms with van der Waals surface area (Å²) >= 11 is 0. The van der Waals surface area contributed by atoms with Crippen LogP contribution in [-0.2, 0) is 9.53 Å². The molecule has 24 heavy (non-hydrogen) atoms. The quantitative estimate of drug-likeness (QED) is 0.729. The van der Waals surface area contributed by atoms with Crippen LogP contribution in [0.2, 0.25) is 0 Å². The number of hydrogen-bond donors (Lipinski definition) is 1. The summed E-state index contributed by atoms with van der Waals surface area (Å²) in [7, 11) is 1.40. The van der Waals surface area contributed by atoms with Crippen molar-refractivity contribution in [1.29, 1.82) is 0 Å². The molecule has 0 heterocycles. The Morgan fingerprint density at radius 2 is 1.92 bits per heavy atom. The zero-order valence-corrected chi connectivity index (χ0v) is 13.2. The summed E-state index contributed by atoms with van der Waals surface area (Å²) in [6, 6.07) is 4.28. The lowest BCUT2D eigenvalue weighted by Crippen LogP contribution is -2.36. The van der Waals surface area contributed by atoms with Crippen molar-refractivity contribution < 1.29 is 37.0 Å². The van der Waals surface area contributed by atoms with Crippen molar-refractivity contribution in [3.63, 3.8) is 0 Å². The highest BCUT2D eigenvalue weighted by atomic mass is 19.4. The van der Waals surface area contributed by atoms with Crippen LogP contribution < -0.4 is 14.8 Å². The third kappa shape index (κ3) is 6.76. The molecule has 1 amide bonds. The minimum Gasteiger partial charge on any atom is -0.493 e. The van der Waals surface area contributed by atoms with Gasteiger partial charge in [-0.3, -0.25) is 4.79 Å². The number of hydrogen-bond acceptors (Lipinski definition) is 5. The molecule has 0 aliphatic carbocycles. The standard InChI is InChI=1S/C15H18F3NO5/c1-3-6-23-11-5-4-10(7-12(11)22-2)14(21)24-8-13(20)19-9-15(16,17)18/h4-5,7H,3,6,8-9H2,1-2H3,(H,19,20). The minimum atomic E-state index is -4.53. The van der Waals surface area contributed by atoms with Crippen molar-refractivity contribution in [2.24, 2.45) is 0 Å². The van der Waals surface area contributed by atoms with Gasteiger partial charge in [-0.15, -0.1) is 0 Å². The molecule has 0 saturated carbocycles. The van der Waals surface area contributed by atoms with Crippen LogP contribution in [0.25, 0.3) is 0 Å². The van der Waals surface area contributed by atoms with Gasteiger partial charge >= 0.3 is 12.1 Å². The zero-order valence-electron chi connectivity index (χ0n) is 13.2. The highest BCUT2D eigenvalue weighted by Crippen LogP contribution is 2.28. The first-order valence-corrected chi connectivity index (χ1v) is 7.08. The van der Waals surface area contributed by atoms with Crippen molar-refractivity contribution >= 4 is 11.9 Å². The summed E-state index contributed by atoms with van der Waals surface area (Å²) < 4.78 is 51.0. The van der Waals surface area contributed by atoms with Crippen LogP contribution in [0.4, 0.5) is 13.2 Å². The van der Waals surface area contributed by atoms with Gasteiger partial charge in [0.15, 0.2) is 18.1 Å². The van der Waals surface area contributed by atoms with E-state index in [1.807, 2.05) is 6.92 Å². The lowest BCUT2D eigenvalue weighted by atomic mass is 10.2. The fourth-order valence-electron chi connectivity index (χ4n) is 1.59. The first-order chi connectivity index (χ1) is 11.3. The summed E-state index contributed by atoms with van der Waals surface area (Å²) in [4.78, 5) is 23.0. The third-order valence-electron chi connectivity index (χ3n) is 2.68. The fraction of sp³-hybridized carbons (Fsp3) is 0.467. The number of alkyl halides is 3. The molecule has 0 aromatic heterocycles. The largest absolute Gasteiger partial charge is 0.493 e. The lowest BCUT2D eigenvalue weighted by Gasteiger charge is -2.12. The predicted octanol–water partition coefficient (Wildman–Crippen LogP) is 2.32. The summed E-state index contributed by atoms with van der Waals surface area (Å²) in [5.41, 5.74) is 0.0827. The molecule has 1 aromatic rings. The number of amides is 1. The second kappa shape index (κ2) is 8.99. The van der Waals surface area contributed by atoms with Crippen molar-refractivity contribution in [2.75, 3.05) is 26.9 Å². The first kappa shape index (κ1) is 19.6. The van der Waals surface area contributed by atoms with Gasteiger partial charge in [-0.2, -0.15) is 13.2 Å². The number of ether oxygens (including phenoxy) is 3. The Kier molecular flexibility index (Phi) is 7.34. The van der Waals surface area contributed by atoms with E-state index >= 15 is 0 Å². The van der Waals surface area contributed by atoms with E-state index in [9.17, 15) is 22.8 Å². The van der Waals surface area contributed by atoms with Gasteiger partial charge in [0.2, 0.25) is 0 Å². The van der Waals surface area contributed by atoms with Gasteiger partial charge in [0.1, 0.15) is 6.54 Å². The van der Waals surface area contributed by atoms with Crippen LogP contribution in [0.3, 0.4) is 0 Å². The summed E-state index contributed by atoms with van der Waals surface area (Å²) in [6.45, 7) is 0.105. The SMILES string of the molecule is CCCOc1ccc(C(=O)OCC(=O)NCC(F)(F)F)cc1OC. The number of carbonyl (C=O) groups excluding carboxylic acids is 2. The van der Waals surface area contributed by atoms with Crippen molar-refractivity contribution in [3.8, 4) is 11.5 Å². The Morgan fingerprint density at radius 3 is 2.50 bits per heavy atom. The molecule has 9 heteroatoms. The number of methoxy groups -OCH3 is 1. The number of nitrogens with one attached hydrogen (secondary N) is 1. The number of benzene rings is 1. The van der Waals surface area contributed by atoms with E-state index in [0.717, 1.165) is 6.42 Å². The van der Waals surface area contributed by atoms with Gasteiger partial charge in [0.05, 0.1) is 19.3 Å². The molecule has 0 aliphatic heterocycles. The Balaban J connectivity index is 2.60. The smallest absolute Gasteiger partial charge is 0.405 e. The average molecular weight is 349 g/mol. The molecule has 0 spiro atoms. The third-order valence-corrected chi connectivity index (χ3v) is 2.68. The Bertz CT molecular complexity index is 575. The van der Waals surface area contributed by atoms with E-state index in [1.165, 1.54) is 25.3 Å².